The summed E-state index contributed by atoms with van der Waals surface area (Å²) < 4.78 is 0.953. The first-order valence-electron chi connectivity index (χ1n) is 5.81. The highest BCUT2D eigenvalue weighted by atomic mass is 79.9. The number of aromatic amines is 1. The summed E-state index contributed by atoms with van der Waals surface area (Å²) in [6.07, 6.45) is 0. The molecule has 1 heterocycles. The number of aromatic nitrogens is 2. The molecule has 18 heavy (non-hydrogen) atoms. The van der Waals surface area contributed by atoms with Crippen LogP contribution in [0.2, 0.25) is 0 Å². The zero-order valence-electron chi connectivity index (χ0n) is 10.4. The van der Waals surface area contributed by atoms with Crippen LogP contribution >= 0.6 is 27.7 Å². The Morgan fingerprint density at radius 1 is 1.33 bits per heavy atom. The average molecular weight is 326 g/mol. The van der Waals surface area contributed by atoms with E-state index in [1.165, 1.54) is 4.90 Å². The molecule has 0 amide bonds. The van der Waals surface area contributed by atoms with Crippen molar-refractivity contribution >= 4 is 27.7 Å². The van der Waals surface area contributed by atoms with E-state index >= 15 is 0 Å². The zero-order chi connectivity index (χ0) is 13.1. The quantitative estimate of drug-likeness (QED) is 0.840. The molecule has 2 aromatic rings. The van der Waals surface area contributed by atoms with Gasteiger partial charge in [0.2, 0.25) is 0 Å². The lowest BCUT2D eigenvalue weighted by atomic mass is 10.1. The molecule has 0 saturated carbocycles. The number of halogens is 1. The summed E-state index contributed by atoms with van der Waals surface area (Å²) in [6, 6.07) is 8.43. The summed E-state index contributed by atoms with van der Waals surface area (Å²) in [7, 11) is 0. The number of H-pyrrole nitrogens is 1. The predicted octanol–water partition coefficient (Wildman–Crippen LogP) is 3.80. The summed E-state index contributed by atoms with van der Waals surface area (Å²) in [5, 5.41) is 7.82. The minimum Gasteiger partial charge on any atom is -0.325 e. The lowest BCUT2D eigenvalue weighted by Crippen LogP contribution is -1.96. The van der Waals surface area contributed by atoms with Crippen molar-refractivity contribution < 1.29 is 0 Å². The molecule has 0 aliphatic heterocycles. The van der Waals surface area contributed by atoms with Gasteiger partial charge in [-0.15, -0.1) is 11.8 Å². The van der Waals surface area contributed by atoms with Gasteiger partial charge in [-0.3, -0.25) is 5.10 Å². The van der Waals surface area contributed by atoms with E-state index in [1.54, 1.807) is 0 Å². The lowest BCUT2D eigenvalue weighted by Gasteiger charge is -2.05. The third-order valence-corrected chi connectivity index (χ3v) is 4.35. The van der Waals surface area contributed by atoms with Crippen molar-refractivity contribution in [2.75, 3.05) is 0 Å². The topological polar surface area (TPSA) is 54.7 Å². The zero-order valence-corrected chi connectivity index (χ0v) is 12.8. The largest absolute Gasteiger partial charge is 0.325 e. The van der Waals surface area contributed by atoms with Crippen LogP contribution in [-0.4, -0.2) is 15.4 Å². The second-order valence-corrected chi connectivity index (χ2v) is 6.70. The summed E-state index contributed by atoms with van der Waals surface area (Å²) in [4.78, 5) is 1.28. The standard InChI is InChI=1S/C13H16BrN3S/c1-8(2)18-10-5-3-9(4-6-10)13-12(14)11(7-15)16-17-13/h3-6,8H,7,15H2,1-2H3,(H,16,17). The predicted molar refractivity (Wildman–Crippen MR) is 80.6 cm³/mol. The molecule has 0 atom stereocenters. The Balaban J connectivity index is 2.26. The molecule has 0 aliphatic carbocycles. The number of hydrogen-bond donors (Lipinski definition) is 2. The van der Waals surface area contributed by atoms with E-state index in [9.17, 15) is 0 Å². The van der Waals surface area contributed by atoms with E-state index in [0.717, 1.165) is 21.4 Å². The van der Waals surface area contributed by atoms with Gasteiger partial charge in [0.15, 0.2) is 0 Å². The minimum atomic E-state index is 0.453. The van der Waals surface area contributed by atoms with Gasteiger partial charge in [0.05, 0.1) is 10.2 Å². The highest BCUT2D eigenvalue weighted by molar-refractivity contribution is 9.10. The first-order chi connectivity index (χ1) is 8.61. The van der Waals surface area contributed by atoms with E-state index in [-0.39, 0.29) is 0 Å². The van der Waals surface area contributed by atoms with Crippen LogP contribution in [0.1, 0.15) is 19.5 Å². The molecule has 0 spiro atoms. The van der Waals surface area contributed by atoms with E-state index in [2.05, 4.69) is 64.2 Å². The molecule has 0 fully saturated rings. The summed E-state index contributed by atoms with van der Waals surface area (Å²) in [5.41, 5.74) is 8.54. The van der Waals surface area contributed by atoms with Gasteiger partial charge in [0, 0.05) is 22.3 Å². The number of hydrogen-bond acceptors (Lipinski definition) is 3. The van der Waals surface area contributed by atoms with Crippen LogP contribution in [0.5, 0.6) is 0 Å². The van der Waals surface area contributed by atoms with Crippen LogP contribution in [0.15, 0.2) is 33.6 Å². The fourth-order valence-corrected chi connectivity index (χ4v) is 3.06. The van der Waals surface area contributed by atoms with Crippen molar-refractivity contribution in [3.05, 3.63) is 34.4 Å². The number of nitrogens with two attached hydrogens (primary N) is 1. The Morgan fingerprint density at radius 3 is 2.50 bits per heavy atom. The van der Waals surface area contributed by atoms with Gasteiger partial charge in [0.1, 0.15) is 5.69 Å². The van der Waals surface area contributed by atoms with E-state index in [4.69, 9.17) is 5.73 Å². The molecule has 0 saturated heterocycles. The van der Waals surface area contributed by atoms with Crippen LogP contribution < -0.4 is 5.73 Å². The van der Waals surface area contributed by atoms with Gasteiger partial charge < -0.3 is 5.73 Å². The van der Waals surface area contributed by atoms with Crippen LogP contribution in [-0.2, 0) is 6.54 Å². The molecule has 96 valence electrons. The monoisotopic (exact) mass is 325 g/mol. The molecule has 0 aliphatic rings. The van der Waals surface area contributed by atoms with Crippen molar-refractivity contribution in [1.82, 2.24) is 10.2 Å². The van der Waals surface area contributed by atoms with Crippen LogP contribution in [0.25, 0.3) is 11.3 Å². The number of benzene rings is 1. The van der Waals surface area contributed by atoms with E-state index in [0.29, 0.717) is 11.8 Å². The third kappa shape index (κ3) is 2.96. The van der Waals surface area contributed by atoms with Crippen molar-refractivity contribution in [2.24, 2.45) is 5.73 Å². The number of rotatable bonds is 4. The normalized spacial score (nSPS) is 11.2. The summed E-state index contributed by atoms with van der Waals surface area (Å²) >= 11 is 5.38. The second kappa shape index (κ2) is 5.91. The second-order valence-electron chi connectivity index (χ2n) is 4.26. The smallest absolute Gasteiger partial charge is 0.107 e. The summed E-state index contributed by atoms with van der Waals surface area (Å²) in [6.45, 7) is 4.83. The highest BCUT2D eigenvalue weighted by Crippen LogP contribution is 2.31. The number of nitrogens with one attached hydrogen (secondary N) is 1. The van der Waals surface area contributed by atoms with Crippen molar-refractivity contribution in [3.63, 3.8) is 0 Å². The summed E-state index contributed by atoms with van der Waals surface area (Å²) in [5.74, 6) is 0. The fourth-order valence-electron chi connectivity index (χ4n) is 1.65. The Labute approximate surface area is 120 Å². The third-order valence-electron chi connectivity index (χ3n) is 2.48. The van der Waals surface area contributed by atoms with Crippen LogP contribution in [0.3, 0.4) is 0 Å². The molecule has 1 aromatic heterocycles. The van der Waals surface area contributed by atoms with Gasteiger partial charge in [0.25, 0.3) is 0 Å². The van der Waals surface area contributed by atoms with E-state index in [1.807, 2.05) is 11.8 Å². The van der Waals surface area contributed by atoms with Gasteiger partial charge in [-0.1, -0.05) is 26.0 Å². The molecule has 5 heteroatoms. The van der Waals surface area contributed by atoms with E-state index < -0.39 is 0 Å². The highest BCUT2D eigenvalue weighted by Gasteiger charge is 2.11. The molecule has 2 rings (SSSR count). The minimum absolute atomic E-state index is 0.453. The SMILES string of the molecule is CC(C)Sc1ccc(-c2n[nH]c(CN)c2Br)cc1. The molecular formula is C13H16BrN3S. The Bertz CT molecular complexity index is 520. The molecular weight excluding hydrogens is 310 g/mol. The molecule has 3 N–H and O–H groups in total. The molecule has 0 bridgehead atoms. The van der Waals surface area contributed by atoms with Gasteiger partial charge in [-0.2, -0.15) is 5.10 Å². The van der Waals surface area contributed by atoms with Crippen molar-refractivity contribution in [1.29, 1.82) is 0 Å². The van der Waals surface area contributed by atoms with Crippen LogP contribution in [0, 0.1) is 0 Å². The fraction of sp³-hybridized carbons (Fsp3) is 0.308. The maximum Gasteiger partial charge on any atom is 0.107 e. The van der Waals surface area contributed by atoms with Crippen molar-refractivity contribution in [3.8, 4) is 11.3 Å². The first kappa shape index (κ1) is 13.6. The number of nitrogens with zero attached hydrogens (tertiary/aromatic N) is 1. The molecule has 0 unspecified atom stereocenters. The molecule has 0 radical (unpaired) electrons. The van der Waals surface area contributed by atoms with Crippen molar-refractivity contribution in [2.45, 2.75) is 30.5 Å². The first-order valence-corrected chi connectivity index (χ1v) is 7.49. The number of thioether (sulfide) groups is 1. The van der Waals surface area contributed by atoms with Gasteiger partial charge >= 0.3 is 0 Å². The Kier molecular flexibility index (Phi) is 4.48. The molecule has 1 aromatic carbocycles. The Hall–Kier alpha value is -0.780. The maximum atomic E-state index is 5.62. The van der Waals surface area contributed by atoms with Crippen LogP contribution in [0.4, 0.5) is 0 Å². The van der Waals surface area contributed by atoms with Gasteiger partial charge in [-0.25, -0.2) is 0 Å². The van der Waals surface area contributed by atoms with Gasteiger partial charge in [-0.05, 0) is 28.1 Å². The Morgan fingerprint density at radius 2 is 2.00 bits per heavy atom. The lowest BCUT2D eigenvalue weighted by molar-refractivity contribution is 0.945. The molecule has 3 nitrogen and oxygen atoms in total. The average Bonchev–Trinajstić information content (AvgIpc) is 2.71. The maximum absolute atomic E-state index is 5.62.